The Morgan fingerprint density at radius 3 is 2.58 bits per heavy atom. The Morgan fingerprint density at radius 1 is 1.08 bits per heavy atom. The Morgan fingerprint density at radius 2 is 1.83 bits per heavy atom. The van der Waals surface area contributed by atoms with Crippen LogP contribution in [0.25, 0.3) is 0 Å². The van der Waals surface area contributed by atoms with Crippen molar-refractivity contribution >= 4 is 0 Å². The van der Waals surface area contributed by atoms with Crippen molar-refractivity contribution in [2.24, 2.45) is 0 Å². The maximum absolute atomic E-state index is 2.34. The lowest BCUT2D eigenvalue weighted by atomic mass is 9.90. The highest BCUT2D eigenvalue weighted by molar-refractivity contribution is 5.36. The maximum Gasteiger partial charge on any atom is -0.0124 e. The molecule has 2 rings (SSSR count). The fraction of sp³-hybridized carbons (Fsp3) is 0.417. The Bertz CT molecular complexity index is 273. The van der Waals surface area contributed by atoms with Crippen molar-refractivity contribution in [1.29, 1.82) is 0 Å². The zero-order valence-electron chi connectivity index (χ0n) is 7.64. The first-order valence-electron chi connectivity index (χ1n) is 4.81. The predicted octanol–water partition coefficient (Wildman–Crippen LogP) is 3.14. The van der Waals surface area contributed by atoms with Crippen LogP contribution < -0.4 is 0 Å². The van der Waals surface area contributed by atoms with E-state index in [1.165, 1.54) is 31.2 Å². The molecule has 63 valence electrons. The summed E-state index contributed by atoms with van der Waals surface area (Å²) in [6.45, 7) is 2.10. The van der Waals surface area contributed by atoms with Crippen LogP contribution >= 0.6 is 0 Å². The minimum absolute atomic E-state index is 1.29. The fourth-order valence-corrected chi connectivity index (χ4v) is 1.93. The maximum atomic E-state index is 2.34. The Hall–Kier alpha value is -0.780. The molecule has 0 aromatic heterocycles. The van der Waals surface area contributed by atoms with Crippen molar-refractivity contribution in [3.05, 3.63) is 41.3 Å². The summed E-state index contributed by atoms with van der Waals surface area (Å²) in [7, 11) is 0. The molecule has 1 aliphatic rings. The summed E-state index contributed by atoms with van der Waals surface area (Å²) in [4.78, 5) is 0. The van der Waals surface area contributed by atoms with Crippen LogP contribution in [0, 0.1) is 6.42 Å². The van der Waals surface area contributed by atoms with Gasteiger partial charge in [-0.1, -0.05) is 25.1 Å². The molecule has 0 fully saturated rings. The third kappa shape index (κ3) is 1.38. The number of benzene rings is 1. The topological polar surface area (TPSA) is 0 Å². The molecule has 0 spiro atoms. The quantitative estimate of drug-likeness (QED) is 0.590. The normalized spacial score (nSPS) is 15.8. The molecule has 1 radical (unpaired) electrons. The van der Waals surface area contributed by atoms with Gasteiger partial charge in [0, 0.05) is 0 Å². The van der Waals surface area contributed by atoms with E-state index in [9.17, 15) is 0 Å². The van der Waals surface area contributed by atoms with Gasteiger partial charge in [0.15, 0.2) is 0 Å². The summed E-state index contributed by atoms with van der Waals surface area (Å²) in [6, 6.07) is 6.86. The van der Waals surface area contributed by atoms with Crippen molar-refractivity contribution in [2.75, 3.05) is 0 Å². The van der Waals surface area contributed by atoms with Crippen molar-refractivity contribution in [2.45, 2.75) is 32.6 Å². The lowest BCUT2D eigenvalue weighted by Gasteiger charge is -2.15. The first-order chi connectivity index (χ1) is 5.90. The molecular formula is C12H15. The first-order valence-corrected chi connectivity index (χ1v) is 4.81. The van der Waals surface area contributed by atoms with Gasteiger partial charge < -0.3 is 0 Å². The smallest absolute Gasteiger partial charge is 0.0124 e. The van der Waals surface area contributed by atoms with Gasteiger partial charge in [-0.3, -0.25) is 0 Å². The van der Waals surface area contributed by atoms with E-state index in [1.807, 2.05) is 0 Å². The van der Waals surface area contributed by atoms with E-state index < -0.39 is 0 Å². The molecule has 0 heterocycles. The van der Waals surface area contributed by atoms with Crippen molar-refractivity contribution < 1.29 is 0 Å². The van der Waals surface area contributed by atoms with Gasteiger partial charge in [-0.15, -0.1) is 0 Å². The molecule has 0 heteroatoms. The molecule has 1 aliphatic carbocycles. The van der Waals surface area contributed by atoms with Crippen LogP contribution in [0.3, 0.4) is 0 Å². The minimum Gasteiger partial charge on any atom is -0.0585 e. The van der Waals surface area contributed by atoms with Gasteiger partial charge in [-0.2, -0.15) is 0 Å². The van der Waals surface area contributed by atoms with Gasteiger partial charge in [0.1, 0.15) is 0 Å². The van der Waals surface area contributed by atoms with Gasteiger partial charge in [-0.25, -0.2) is 0 Å². The van der Waals surface area contributed by atoms with Crippen LogP contribution in [0.2, 0.25) is 0 Å². The third-order valence-corrected chi connectivity index (χ3v) is 2.71. The summed E-state index contributed by atoms with van der Waals surface area (Å²) in [5.41, 5.74) is 4.53. The average Bonchev–Trinajstić information content (AvgIpc) is 2.17. The van der Waals surface area contributed by atoms with E-state index in [0.717, 1.165) is 0 Å². The highest BCUT2D eigenvalue weighted by atomic mass is 14.1. The van der Waals surface area contributed by atoms with Crippen molar-refractivity contribution in [3.63, 3.8) is 0 Å². The number of fused-ring (bicyclic) bond motifs is 1. The van der Waals surface area contributed by atoms with Gasteiger partial charge in [0.25, 0.3) is 0 Å². The highest BCUT2D eigenvalue weighted by Gasteiger charge is 2.08. The van der Waals surface area contributed by atoms with Gasteiger partial charge in [0.2, 0.25) is 0 Å². The zero-order valence-corrected chi connectivity index (χ0v) is 7.64. The van der Waals surface area contributed by atoms with Crippen LogP contribution in [0.15, 0.2) is 18.2 Å². The van der Waals surface area contributed by atoms with E-state index >= 15 is 0 Å². The lowest BCUT2D eigenvalue weighted by molar-refractivity contribution is 0.685. The largest absolute Gasteiger partial charge is 0.0585 e. The molecule has 0 N–H and O–H groups in total. The molecule has 1 aromatic rings. The minimum atomic E-state index is 1.29. The predicted molar refractivity (Wildman–Crippen MR) is 52.2 cm³/mol. The number of hydrogen-bond acceptors (Lipinski definition) is 0. The van der Waals surface area contributed by atoms with Crippen LogP contribution in [-0.2, 0) is 12.8 Å². The molecule has 0 bridgehead atoms. The summed E-state index contributed by atoms with van der Waals surface area (Å²) in [5, 5.41) is 0. The number of rotatable bonds is 1. The Kier molecular flexibility index (Phi) is 2.16. The van der Waals surface area contributed by atoms with E-state index in [2.05, 4.69) is 31.5 Å². The molecule has 0 aliphatic heterocycles. The fourth-order valence-electron chi connectivity index (χ4n) is 1.93. The third-order valence-electron chi connectivity index (χ3n) is 2.71. The first kappa shape index (κ1) is 7.85. The monoisotopic (exact) mass is 159 g/mol. The Labute approximate surface area is 74.6 Å². The molecule has 0 saturated carbocycles. The second kappa shape index (κ2) is 3.30. The van der Waals surface area contributed by atoms with E-state index in [4.69, 9.17) is 0 Å². The Balaban J connectivity index is 2.36. The molecule has 12 heavy (non-hydrogen) atoms. The molecule has 0 amide bonds. The van der Waals surface area contributed by atoms with Gasteiger partial charge >= 0.3 is 0 Å². The lowest BCUT2D eigenvalue weighted by Crippen LogP contribution is -2.02. The second-order valence-electron chi connectivity index (χ2n) is 3.52. The van der Waals surface area contributed by atoms with E-state index in [-0.39, 0.29) is 0 Å². The summed E-state index contributed by atoms with van der Waals surface area (Å²) in [6.07, 6.45) is 7.51. The SMILES string of the molecule is C[CH]c1ccc2c(c1)CCCC2. The molecule has 0 nitrogen and oxygen atoms in total. The standard InChI is InChI=1S/C12H15/c1-2-10-7-8-11-5-3-4-6-12(11)9-10/h2,7-9H,3-6H2,1H3. The molecule has 1 aromatic carbocycles. The second-order valence-corrected chi connectivity index (χ2v) is 3.52. The highest BCUT2D eigenvalue weighted by Crippen LogP contribution is 2.22. The van der Waals surface area contributed by atoms with Gasteiger partial charge in [-0.05, 0) is 48.8 Å². The van der Waals surface area contributed by atoms with E-state index in [0.29, 0.717) is 0 Å². The van der Waals surface area contributed by atoms with Crippen LogP contribution in [0.5, 0.6) is 0 Å². The summed E-state index contributed by atoms with van der Waals surface area (Å²) < 4.78 is 0. The summed E-state index contributed by atoms with van der Waals surface area (Å²) >= 11 is 0. The number of hydrogen-bond donors (Lipinski definition) is 0. The average molecular weight is 159 g/mol. The van der Waals surface area contributed by atoms with Crippen LogP contribution in [0.4, 0.5) is 0 Å². The number of aryl methyl sites for hydroxylation is 2. The zero-order chi connectivity index (χ0) is 8.39. The van der Waals surface area contributed by atoms with E-state index in [1.54, 1.807) is 11.1 Å². The van der Waals surface area contributed by atoms with Crippen molar-refractivity contribution in [3.8, 4) is 0 Å². The van der Waals surface area contributed by atoms with Gasteiger partial charge in [0.05, 0.1) is 0 Å². The molecule has 0 saturated heterocycles. The summed E-state index contributed by atoms with van der Waals surface area (Å²) in [5.74, 6) is 0. The van der Waals surface area contributed by atoms with Crippen molar-refractivity contribution in [1.82, 2.24) is 0 Å². The molecule has 0 atom stereocenters. The van der Waals surface area contributed by atoms with Crippen LogP contribution in [0.1, 0.15) is 36.5 Å². The molecular weight excluding hydrogens is 144 g/mol. The molecule has 0 unspecified atom stereocenters. The van der Waals surface area contributed by atoms with Crippen LogP contribution in [-0.4, -0.2) is 0 Å².